The molecule has 2 aliphatic heterocycles. The minimum atomic E-state index is -0.237. The van der Waals surface area contributed by atoms with Crippen LogP contribution in [0.5, 0.6) is 0 Å². The molecule has 2 N–H and O–H groups in total. The molecule has 2 saturated heterocycles. The summed E-state index contributed by atoms with van der Waals surface area (Å²) in [4.78, 5) is 32.4. The zero-order valence-electron chi connectivity index (χ0n) is 14.5. The smallest absolute Gasteiger partial charge is 0.231 e. The first-order valence-corrected chi connectivity index (χ1v) is 10.3. The van der Waals surface area contributed by atoms with Crippen molar-refractivity contribution in [2.75, 3.05) is 25.0 Å². The van der Waals surface area contributed by atoms with E-state index in [9.17, 15) is 9.59 Å². The topological polar surface area (TPSA) is 74.3 Å². The average molecular weight is 362 g/mol. The molecule has 3 aliphatic rings. The highest BCUT2D eigenvalue weighted by molar-refractivity contribution is 7.15. The maximum atomic E-state index is 12.6. The van der Waals surface area contributed by atoms with Gasteiger partial charge in [-0.2, -0.15) is 0 Å². The second-order valence-corrected chi connectivity index (χ2v) is 8.53. The molecule has 1 aliphatic carbocycles. The molecule has 1 saturated carbocycles. The van der Waals surface area contributed by atoms with Crippen molar-refractivity contribution in [3.8, 4) is 0 Å². The van der Waals surface area contributed by atoms with E-state index in [-0.39, 0.29) is 17.7 Å². The minimum Gasteiger partial charge on any atom is -0.339 e. The van der Waals surface area contributed by atoms with Crippen LogP contribution >= 0.6 is 11.3 Å². The van der Waals surface area contributed by atoms with E-state index in [1.807, 2.05) is 11.1 Å². The van der Waals surface area contributed by atoms with Crippen LogP contribution in [0.2, 0.25) is 0 Å². The third-order valence-electron chi connectivity index (χ3n) is 5.79. The number of carbonyl (C=O) groups is 2. The van der Waals surface area contributed by atoms with Crippen LogP contribution in [0.15, 0.2) is 6.20 Å². The van der Waals surface area contributed by atoms with E-state index in [0.717, 1.165) is 38.8 Å². The molecule has 3 heterocycles. The van der Waals surface area contributed by atoms with Gasteiger partial charge in [0.1, 0.15) is 0 Å². The number of thiazole rings is 1. The van der Waals surface area contributed by atoms with Crippen LogP contribution in [0, 0.1) is 5.92 Å². The van der Waals surface area contributed by atoms with E-state index in [0.29, 0.717) is 30.1 Å². The standard InChI is InChI=1S/C18H26N4O2S/c23-16-9-13(11-22(16)14-3-1-2-4-14)17(24)21-18-20-10-15(25-18)12-5-7-19-8-6-12/h10,12-14,19H,1-9,11H2,(H,20,21,24). The molecule has 4 rings (SSSR count). The van der Waals surface area contributed by atoms with Crippen molar-refractivity contribution >= 4 is 28.3 Å². The van der Waals surface area contributed by atoms with Crippen molar-refractivity contribution in [1.29, 1.82) is 0 Å². The second kappa shape index (κ2) is 7.41. The highest BCUT2D eigenvalue weighted by atomic mass is 32.1. The maximum absolute atomic E-state index is 12.6. The van der Waals surface area contributed by atoms with Crippen LogP contribution in [-0.2, 0) is 9.59 Å². The molecule has 1 aromatic heterocycles. The van der Waals surface area contributed by atoms with Crippen LogP contribution in [0.25, 0.3) is 0 Å². The van der Waals surface area contributed by atoms with Crippen molar-refractivity contribution in [3.05, 3.63) is 11.1 Å². The van der Waals surface area contributed by atoms with Gasteiger partial charge in [0.2, 0.25) is 11.8 Å². The van der Waals surface area contributed by atoms with Gasteiger partial charge in [0.15, 0.2) is 5.13 Å². The first-order valence-electron chi connectivity index (χ1n) is 9.47. The fraction of sp³-hybridized carbons (Fsp3) is 0.722. The molecule has 1 aromatic rings. The van der Waals surface area contributed by atoms with Crippen LogP contribution in [0.3, 0.4) is 0 Å². The van der Waals surface area contributed by atoms with Gasteiger partial charge < -0.3 is 15.5 Å². The predicted octanol–water partition coefficient (Wildman–Crippen LogP) is 2.34. The minimum absolute atomic E-state index is 0.0555. The summed E-state index contributed by atoms with van der Waals surface area (Å²) < 4.78 is 0. The average Bonchev–Trinajstić information content (AvgIpc) is 3.35. The van der Waals surface area contributed by atoms with E-state index in [2.05, 4.69) is 15.6 Å². The Morgan fingerprint density at radius 3 is 2.76 bits per heavy atom. The number of likely N-dealkylation sites (tertiary alicyclic amines) is 1. The van der Waals surface area contributed by atoms with E-state index >= 15 is 0 Å². The zero-order valence-corrected chi connectivity index (χ0v) is 15.3. The molecule has 136 valence electrons. The summed E-state index contributed by atoms with van der Waals surface area (Å²) in [6.07, 6.45) is 9.08. The quantitative estimate of drug-likeness (QED) is 0.862. The van der Waals surface area contributed by atoms with Gasteiger partial charge in [-0.25, -0.2) is 4.98 Å². The Kier molecular flexibility index (Phi) is 5.03. The highest BCUT2D eigenvalue weighted by Crippen LogP contribution is 2.33. The third kappa shape index (κ3) is 3.72. The van der Waals surface area contributed by atoms with Gasteiger partial charge in [-0.05, 0) is 44.7 Å². The van der Waals surface area contributed by atoms with Crippen molar-refractivity contribution < 1.29 is 9.59 Å². The largest absolute Gasteiger partial charge is 0.339 e. The molecule has 25 heavy (non-hydrogen) atoms. The molecule has 3 fully saturated rings. The molecular weight excluding hydrogens is 336 g/mol. The molecule has 7 heteroatoms. The van der Waals surface area contributed by atoms with E-state index in [4.69, 9.17) is 0 Å². The van der Waals surface area contributed by atoms with Crippen LogP contribution < -0.4 is 10.6 Å². The number of carbonyl (C=O) groups excluding carboxylic acids is 2. The van der Waals surface area contributed by atoms with Crippen LogP contribution in [0.1, 0.15) is 55.7 Å². The Bertz CT molecular complexity index is 635. The lowest BCUT2D eigenvalue weighted by molar-refractivity contribution is -0.129. The van der Waals surface area contributed by atoms with Gasteiger partial charge in [-0.15, -0.1) is 11.3 Å². The molecule has 1 atom stereocenters. The van der Waals surface area contributed by atoms with Crippen molar-refractivity contribution in [2.45, 2.75) is 56.9 Å². The summed E-state index contributed by atoms with van der Waals surface area (Å²) in [5.74, 6) is 0.399. The van der Waals surface area contributed by atoms with Crippen molar-refractivity contribution in [1.82, 2.24) is 15.2 Å². The van der Waals surface area contributed by atoms with Gasteiger partial charge in [-0.1, -0.05) is 12.8 Å². The van der Waals surface area contributed by atoms with Crippen LogP contribution in [0.4, 0.5) is 5.13 Å². The van der Waals surface area contributed by atoms with Crippen molar-refractivity contribution in [2.24, 2.45) is 5.92 Å². The lowest BCUT2D eigenvalue weighted by Crippen LogP contribution is -2.35. The van der Waals surface area contributed by atoms with Gasteiger partial charge >= 0.3 is 0 Å². The first kappa shape index (κ1) is 17.0. The molecule has 1 unspecified atom stereocenters. The molecule has 0 aromatic carbocycles. The first-order chi connectivity index (χ1) is 12.2. The van der Waals surface area contributed by atoms with E-state index in [1.165, 1.54) is 17.7 Å². The SMILES string of the molecule is O=C(Nc1ncc(C2CCNCC2)s1)C1CC(=O)N(C2CCCC2)C1. The molecule has 6 nitrogen and oxygen atoms in total. The molecule has 2 amide bonds. The zero-order chi connectivity index (χ0) is 17.2. The second-order valence-electron chi connectivity index (χ2n) is 7.47. The molecule has 0 radical (unpaired) electrons. The number of rotatable bonds is 4. The number of nitrogens with one attached hydrogen (secondary N) is 2. The normalized spacial score (nSPS) is 25.7. The lowest BCUT2D eigenvalue weighted by atomic mass is 9.97. The van der Waals surface area contributed by atoms with Gasteiger partial charge in [0, 0.05) is 30.1 Å². The Balaban J connectivity index is 1.34. The van der Waals surface area contributed by atoms with Gasteiger partial charge in [0.05, 0.1) is 5.92 Å². The fourth-order valence-corrected chi connectivity index (χ4v) is 5.31. The Morgan fingerprint density at radius 2 is 2.00 bits per heavy atom. The number of amides is 2. The number of piperidine rings is 1. The van der Waals surface area contributed by atoms with E-state index < -0.39 is 0 Å². The summed E-state index contributed by atoms with van der Waals surface area (Å²) >= 11 is 1.58. The van der Waals surface area contributed by atoms with Crippen LogP contribution in [-0.4, -0.2) is 47.4 Å². The third-order valence-corrected chi connectivity index (χ3v) is 6.87. The Hall–Kier alpha value is -1.47. The molecule has 0 spiro atoms. The number of hydrogen-bond donors (Lipinski definition) is 2. The summed E-state index contributed by atoms with van der Waals surface area (Å²) in [6.45, 7) is 2.67. The number of aromatic nitrogens is 1. The Morgan fingerprint density at radius 1 is 1.24 bits per heavy atom. The predicted molar refractivity (Wildman–Crippen MR) is 97.7 cm³/mol. The van der Waals surface area contributed by atoms with E-state index in [1.54, 1.807) is 11.3 Å². The maximum Gasteiger partial charge on any atom is 0.231 e. The van der Waals surface area contributed by atoms with Gasteiger partial charge in [0.25, 0.3) is 0 Å². The summed E-state index contributed by atoms with van der Waals surface area (Å²) in [5.41, 5.74) is 0. The summed E-state index contributed by atoms with van der Waals surface area (Å²) in [5, 5.41) is 6.99. The molecule has 0 bridgehead atoms. The number of nitrogens with zero attached hydrogens (tertiary/aromatic N) is 2. The Labute approximate surface area is 152 Å². The van der Waals surface area contributed by atoms with Crippen molar-refractivity contribution in [3.63, 3.8) is 0 Å². The summed E-state index contributed by atoms with van der Waals surface area (Å²) in [7, 11) is 0. The highest BCUT2D eigenvalue weighted by Gasteiger charge is 2.38. The fourth-order valence-electron chi connectivity index (χ4n) is 4.32. The molecular formula is C18H26N4O2S. The number of hydrogen-bond acceptors (Lipinski definition) is 5. The summed E-state index contributed by atoms with van der Waals surface area (Å²) in [6, 6.07) is 0.358. The number of anilines is 1. The van der Waals surface area contributed by atoms with Gasteiger partial charge in [-0.3, -0.25) is 9.59 Å². The monoisotopic (exact) mass is 362 g/mol. The lowest BCUT2D eigenvalue weighted by Gasteiger charge is -2.23.